The fourth-order valence-electron chi connectivity index (χ4n) is 3.55. The minimum Gasteiger partial charge on any atom is -0.494 e. The number of nitrogens with one attached hydrogen (secondary N) is 2. The van der Waals surface area contributed by atoms with Gasteiger partial charge in [-0.2, -0.15) is 0 Å². The van der Waals surface area contributed by atoms with Crippen LogP contribution in [0.4, 0.5) is 5.69 Å². The largest absolute Gasteiger partial charge is 0.494 e. The number of ether oxygens (including phenoxy) is 1. The Kier molecular flexibility index (Phi) is 6.18. The monoisotopic (exact) mass is 437 g/mol. The smallest absolute Gasteiger partial charge is 0.240 e. The van der Waals surface area contributed by atoms with Crippen LogP contribution in [0.15, 0.2) is 47.6 Å². The molecule has 2 unspecified atom stereocenters. The quantitative estimate of drug-likeness (QED) is 0.600. The molecule has 0 bridgehead atoms. The number of carbonyl (C=O) groups is 1. The Bertz CT molecular complexity index is 1080. The van der Waals surface area contributed by atoms with Crippen LogP contribution in [0.5, 0.6) is 5.75 Å². The van der Waals surface area contributed by atoms with Crippen molar-refractivity contribution in [3.63, 3.8) is 0 Å². The molecule has 2 atom stereocenters. The van der Waals surface area contributed by atoms with Gasteiger partial charge in [0, 0.05) is 12.1 Å². The van der Waals surface area contributed by atoms with Crippen LogP contribution in [-0.4, -0.2) is 32.6 Å². The van der Waals surface area contributed by atoms with E-state index in [0.717, 1.165) is 34.8 Å². The van der Waals surface area contributed by atoms with Gasteiger partial charge in [0.05, 0.1) is 12.6 Å². The highest BCUT2D eigenvalue weighted by Gasteiger charge is 2.37. The van der Waals surface area contributed by atoms with E-state index in [1.54, 1.807) is 0 Å². The Morgan fingerprint density at radius 2 is 1.90 bits per heavy atom. The third-order valence-electron chi connectivity index (χ3n) is 5.40. The van der Waals surface area contributed by atoms with Crippen LogP contribution in [0, 0.1) is 13.8 Å². The molecule has 1 aliphatic rings. The van der Waals surface area contributed by atoms with Crippen molar-refractivity contribution >= 4 is 23.4 Å². The van der Waals surface area contributed by atoms with Gasteiger partial charge in [-0.3, -0.25) is 4.79 Å². The lowest BCUT2D eigenvalue weighted by Gasteiger charge is -2.33. The fourth-order valence-corrected chi connectivity index (χ4v) is 4.65. The van der Waals surface area contributed by atoms with Gasteiger partial charge in [0.2, 0.25) is 11.1 Å². The van der Waals surface area contributed by atoms with Crippen LogP contribution < -0.4 is 15.5 Å². The number of fused-ring (bicyclic) bond motifs is 1. The second-order valence-electron chi connectivity index (χ2n) is 7.52. The first-order chi connectivity index (χ1) is 15.0. The molecule has 0 saturated carbocycles. The van der Waals surface area contributed by atoms with E-state index < -0.39 is 5.25 Å². The van der Waals surface area contributed by atoms with Crippen molar-refractivity contribution < 1.29 is 9.53 Å². The number of thioether (sulfide) groups is 1. The Labute approximate surface area is 186 Å². The third-order valence-corrected chi connectivity index (χ3v) is 6.62. The summed E-state index contributed by atoms with van der Waals surface area (Å²) in [6, 6.07) is 13.6. The van der Waals surface area contributed by atoms with Crippen LogP contribution >= 0.6 is 11.8 Å². The average Bonchev–Trinajstić information content (AvgIpc) is 3.18. The van der Waals surface area contributed by atoms with E-state index in [4.69, 9.17) is 4.74 Å². The maximum atomic E-state index is 13.3. The van der Waals surface area contributed by atoms with Crippen LogP contribution in [0.2, 0.25) is 0 Å². The molecule has 7 nitrogen and oxygen atoms in total. The summed E-state index contributed by atoms with van der Waals surface area (Å²) in [6.45, 7) is 8.71. The van der Waals surface area contributed by atoms with Crippen molar-refractivity contribution in [2.75, 3.05) is 17.3 Å². The molecule has 0 radical (unpaired) electrons. The highest BCUT2D eigenvalue weighted by atomic mass is 32.2. The summed E-state index contributed by atoms with van der Waals surface area (Å²) in [5.41, 5.74) is 7.60. The Hall–Kier alpha value is -3.00. The number of rotatable bonds is 6. The summed E-state index contributed by atoms with van der Waals surface area (Å²) in [6.07, 6.45) is 0.746. The molecule has 2 aromatic carbocycles. The van der Waals surface area contributed by atoms with E-state index in [2.05, 4.69) is 27.9 Å². The molecule has 1 amide bonds. The van der Waals surface area contributed by atoms with Crippen molar-refractivity contribution in [1.82, 2.24) is 14.9 Å². The first-order valence-electron chi connectivity index (χ1n) is 10.5. The van der Waals surface area contributed by atoms with Crippen molar-refractivity contribution in [2.24, 2.45) is 0 Å². The van der Waals surface area contributed by atoms with Gasteiger partial charge in [-0.1, -0.05) is 36.9 Å². The zero-order valence-corrected chi connectivity index (χ0v) is 19.0. The predicted octanol–water partition coefficient (Wildman–Crippen LogP) is 4.25. The number of aryl methyl sites for hydroxylation is 3. The molecule has 4 rings (SSSR count). The van der Waals surface area contributed by atoms with Gasteiger partial charge in [0.1, 0.15) is 11.0 Å². The summed E-state index contributed by atoms with van der Waals surface area (Å²) in [5.74, 6) is 1.57. The Balaban J connectivity index is 1.64. The number of amides is 1. The van der Waals surface area contributed by atoms with Crippen molar-refractivity contribution in [3.8, 4) is 5.75 Å². The average molecular weight is 438 g/mol. The standard InChI is InChI=1S/C23H27N5O2S/c1-5-19-25-26-23-28(19)27-20(16-8-11-18(12-9-16)30-6-2)21(31-23)22(29)24-17-10-7-14(3)15(4)13-17/h7-13,20-21,27H,5-6H2,1-4H3,(H,24,29). The number of anilines is 1. The lowest BCUT2D eigenvalue weighted by Crippen LogP contribution is -2.41. The van der Waals surface area contributed by atoms with Gasteiger partial charge >= 0.3 is 0 Å². The molecule has 8 heteroatoms. The molecular formula is C23H27N5O2S. The van der Waals surface area contributed by atoms with E-state index in [-0.39, 0.29) is 11.9 Å². The first-order valence-corrected chi connectivity index (χ1v) is 11.4. The molecule has 0 aliphatic carbocycles. The van der Waals surface area contributed by atoms with Crippen LogP contribution in [0.25, 0.3) is 0 Å². The van der Waals surface area contributed by atoms with Crippen LogP contribution in [0.3, 0.4) is 0 Å². The highest BCUT2D eigenvalue weighted by Crippen LogP contribution is 2.38. The van der Waals surface area contributed by atoms with Crippen LogP contribution in [0.1, 0.15) is 42.4 Å². The molecule has 162 valence electrons. The molecule has 1 aromatic heterocycles. The van der Waals surface area contributed by atoms with Gasteiger partial charge < -0.3 is 15.5 Å². The minimum absolute atomic E-state index is 0.0769. The fraction of sp³-hybridized carbons (Fsp3) is 0.348. The molecule has 0 saturated heterocycles. The third kappa shape index (κ3) is 4.39. The number of benzene rings is 2. The van der Waals surface area contributed by atoms with Gasteiger partial charge in [0.25, 0.3) is 0 Å². The van der Waals surface area contributed by atoms with E-state index in [1.807, 2.05) is 67.9 Å². The Morgan fingerprint density at radius 3 is 2.58 bits per heavy atom. The molecule has 2 N–H and O–H groups in total. The molecule has 3 aromatic rings. The minimum atomic E-state index is -0.416. The zero-order chi connectivity index (χ0) is 22.0. The lowest BCUT2D eigenvalue weighted by atomic mass is 10.0. The second kappa shape index (κ2) is 9.01. The SMILES string of the molecule is CCOc1ccc(C2Nn3c(CC)nnc3SC2C(=O)Nc2ccc(C)c(C)c2)cc1. The predicted molar refractivity (Wildman–Crippen MR) is 123 cm³/mol. The van der Waals surface area contributed by atoms with Crippen LogP contribution in [-0.2, 0) is 11.2 Å². The maximum Gasteiger partial charge on any atom is 0.240 e. The van der Waals surface area contributed by atoms with Crippen molar-refractivity contribution in [1.29, 1.82) is 0 Å². The van der Waals surface area contributed by atoms with E-state index in [9.17, 15) is 4.79 Å². The summed E-state index contributed by atoms with van der Waals surface area (Å²) in [5, 5.41) is 11.9. The molecule has 0 spiro atoms. The van der Waals surface area contributed by atoms with Gasteiger partial charge in [-0.25, -0.2) is 4.68 Å². The van der Waals surface area contributed by atoms with Crippen molar-refractivity contribution in [2.45, 2.75) is 50.6 Å². The van der Waals surface area contributed by atoms with Gasteiger partial charge in [0.15, 0.2) is 5.82 Å². The molecule has 0 fully saturated rings. The number of nitrogens with zero attached hydrogens (tertiary/aromatic N) is 3. The Morgan fingerprint density at radius 1 is 1.13 bits per heavy atom. The first kappa shape index (κ1) is 21.2. The lowest BCUT2D eigenvalue weighted by molar-refractivity contribution is -0.116. The number of aromatic nitrogens is 3. The summed E-state index contributed by atoms with van der Waals surface area (Å²) in [4.78, 5) is 13.3. The highest BCUT2D eigenvalue weighted by molar-refractivity contribution is 8.00. The maximum absolute atomic E-state index is 13.3. The molecule has 2 heterocycles. The zero-order valence-electron chi connectivity index (χ0n) is 18.2. The summed E-state index contributed by atoms with van der Waals surface area (Å²) in [7, 11) is 0. The molecule has 1 aliphatic heterocycles. The van der Waals surface area contributed by atoms with E-state index in [1.165, 1.54) is 17.3 Å². The van der Waals surface area contributed by atoms with E-state index in [0.29, 0.717) is 11.8 Å². The van der Waals surface area contributed by atoms with Crippen molar-refractivity contribution in [3.05, 3.63) is 65.0 Å². The molecular weight excluding hydrogens is 410 g/mol. The van der Waals surface area contributed by atoms with Gasteiger partial charge in [-0.05, 0) is 61.7 Å². The van der Waals surface area contributed by atoms with E-state index >= 15 is 0 Å². The topological polar surface area (TPSA) is 81.1 Å². The summed E-state index contributed by atoms with van der Waals surface area (Å²) >= 11 is 1.43. The number of hydrogen-bond acceptors (Lipinski definition) is 6. The van der Waals surface area contributed by atoms with Gasteiger partial charge in [-0.15, -0.1) is 10.2 Å². The number of hydrogen-bond donors (Lipinski definition) is 2. The molecule has 31 heavy (non-hydrogen) atoms. The normalized spacial score (nSPS) is 17.5. The number of carbonyl (C=O) groups excluding carboxylic acids is 1. The summed E-state index contributed by atoms with van der Waals surface area (Å²) < 4.78 is 7.47. The second-order valence-corrected chi connectivity index (χ2v) is 8.63.